The van der Waals surface area contributed by atoms with E-state index in [1.54, 1.807) is 6.33 Å². The lowest BCUT2D eigenvalue weighted by Gasteiger charge is -2.33. The lowest BCUT2D eigenvalue weighted by Crippen LogP contribution is -2.39. The molecular formula is C21H26N6O2S. The third-order valence-electron chi connectivity index (χ3n) is 5.30. The highest BCUT2D eigenvalue weighted by Gasteiger charge is 2.24. The van der Waals surface area contributed by atoms with Crippen LogP contribution in [0.1, 0.15) is 46.5 Å². The van der Waals surface area contributed by atoms with Gasteiger partial charge in [-0.05, 0) is 46.1 Å². The van der Waals surface area contributed by atoms with E-state index >= 15 is 0 Å². The zero-order chi connectivity index (χ0) is 21.3. The number of aryl methyl sites for hydroxylation is 3. The summed E-state index contributed by atoms with van der Waals surface area (Å²) in [7, 11) is 0. The first-order chi connectivity index (χ1) is 14.5. The van der Waals surface area contributed by atoms with Crippen molar-refractivity contribution >= 4 is 39.2 Å². The number of anilines is 2. The quantitative estimate of drug-likeness (QED) is 0.618. The monoisotopic (exact) mass is 426 g/mol. The van der Waals surface area contributed by atoms with E-state index in [2.05, 4.69) is 30.2 Å². The minimum absolute atomic E-state index is 0.298. The first-order valence-corrected chi connectivity index (χ1v) is 11.0. The molecule has 158 valence electrons. The number of fused-ring (bicyclic) bond motifs is 1. The highest BCUT2D eigenvalue weighted by molar-refractivity contribution is 7.20. The summed E-state index contributed by atoms with van der Waals surface area (Å²) in [6.07, 6.45) is 3.50. The molecule has 1 aliphatic heterocycles. The minimum atomic E-state index is -0.298. The van der Waals surface area contributed by atoms with Crippen LogP contribution in [0, 0.1) is 20.8 Å². The van der Waals surface area contributed by atoms with Crippen LogP contribution in [0.15, 0.2) is 12.4 Å². The van der Waals surface area contributed by atoms with Crippen LogP contribution in [0.5, 0.6) is 0 Å². The van der Waals surface area contributed by atoms with Crippen molar-refractivity contribution in [2.24, 2.45) is 0 Å². The van der Waals surface area contributed by atoms with Gasteiger partial charge in [-0.25, -0.2) is 24.7 Å². The van der Waals surface area contributed by atoms with Crippen LogP contribution in [0.4, 0.5) is 11.6 Å². The number of thiophene rings is 1. The highest BCUT2D eigenvalue weighted by Crippen LogP contribution is 2.34. The molecule has 1 N–H and O–H groups in total. The molecule has 9 heteroatoms. The van der Waals surface area contributed by atoms with E-state index < -0.39 is 0 Å². The lowest BCUT2D eigenvalue weighted by molar-refractivity contribution is 0.0531. The van der Waals surface area contributed by atoms with Crippen LogP contribution in [0.2, 0.25) is 0 Å². The van der Waals surface area contributed by atoms with E-state index in [0.29, 0.717) is 17.5 Å². The van der Waals surface area contributed by atoms with Crippen LogP contribution in [-0.4, -0.2) is 51.6 Å². The Balaban J connectivity index is 1.49. The Morgan fingerprint density at radius 1 is 1.23 bits per heavy atom. The molecule has 3 aromatic rings. The molecule has 0 spiro atoms. The molecule has 1 fully saturated rings. The molecule has 0 atom stereocenters. The number of nitrogens with zero attached hydrogens (tertiary/aromatic N) is 5. The van der Waals surface area contributed by atoms with E-state index in [-0.39, 0.29) is 5.97 Å². The van der Waals surface area contributed by atoms with E-state index in [4.69, 9.17) is 4.74 Å². The molecule has 30 heavy (non-hydrogen) atoms. The molecule has 0 saturated carbocycles. The second kappa shape index (κ2) is 8.51. The Kier molecular flexibility index (Phi) is 5.80. The molecule has 4 heterocycles. The molecule has 0 aromatic carbocycles. The molecule has 0 aliphatic carbocycles. The number of piperidine rings is 1. The van der Waals surface area contributed by atoms with Crippen LogP contribution in [-0.2, 0) is 4.74 Å². The summed E-state index contributed by atoms with van der Waals surface area (Å²) in [6.45, 7) is 9.86. The van der Waals surface area contributed by atoms with E-state index in [1.165, 1.54) is 11.3 Å². The summed E-state index contributed by atoms with van der Waals surface area (Å²) >= 11 is 1.36. The maximum Gasteiger partial charge on any atom is 0.348 e. The van der Waals surface area contributed by atoms with Gasteiger partial charge in [0.25, 0.3) is 0 Å². The third-order valence-corrected chi connectivity index (χ3v) is 6.48. The molecule has 0 unspecified atom stereocenters. The fraction of sp³-hybridized carbons (Fsp3) is 0.476. The van der Waals surface area contributed by atoms with Crippen molar-refractivity contribution in [1.29, 1.82) is 0 Å². The number of carbonyl (C=O) groups is 1. The van der Waals surface area contributed by atoms with E-state index in [0.717, 1.165) is 64.9 Å². The zero-order valence-corrected chi connectivity index (χ0v) is 18.5. The molecule has 8 nitrogen and oxygen atoms in total. The molecule has 0 amide bonds. The Morgan fingerprint density at radius 3 is 2.70 bits per heavy atom. The largest absolute Gasteiger partial charge is 0.462 e. The fourth-order valence-corrected chi connectivity index (χ4v) is 4.92. The SMILES string of the molecule is CCOC(=O)c1sc2ncnc(NC3CCN(c4cc(C)nc(C)n4)CC3)c2c1C. The first kappa shape index (κ1) is 20.5. The summed E-state index contributed by atoms with van der Waals surface area (Å²) in [5.74, 6) is 2.29. The van der Waals surface area contributed by atoms with Crippen molar-refractivity contribution in [2.75, 3.05) is 29.9 Å². The summed E-state index contributed by atoms with van der Waals surface area (Å²) in [5, 5.41) is 4.50. The Bertz CT molecular complexity index is 1050. The maximum atomic E-state index is 12.3. The molecule has 1 saturated heterocycles. The number of rotatable bonds is 5. The van der Waals surface area contributed by atoms with Gasteiger partial charge in [0.15, 0.2) is 0 Å². The van der Waals surface area contributed by atoms with Gasteiger partial charge in [-0.1, -0.05) is 0 Å². The maximum absolute atomic E-state index is 12.3. The van der Waals surface area contributed by atoms with Crippen molar-refractivity contribution in [2.45, 2.75) is 46.6 Å². The number of carbonyl (C=O) groups excluding carboxylic acids is 1. The average Bonchev–Trinajstić information content (AvgIpc) is 3.06. The Hall–Kier alpha value is -2.81. The van der Waals surface area contributed by atoms with Gasteiger partial charge in [-0.3, -0.25) is 0 Å². The van der Waals surface area contributed by atoms with Crippen LogP contribution in [0.3, 0.4) is 0 Å². The second-order valence-corrected chi connectivity index (χ2v) is 8.50. The van der Waals surface area contributed by atoms with Crippen molar-refractivity contribution in [3.63, 3.8) is 0 Å². The lowest BCUT2D eigenvalue weighted by atomic mass is 10.0. The number of hydrogen-bond acceptors (Lipinski definition) is 9. The van der Waals surface area contributed by atoms with Gasteiger partial charge in [0.05, 0.1) is 12.0 Å². The van der Waals surface area contributed by atoms with Crippen molar-refractivity contribution in [1.82, 2.24) is 19.9 Å². The fourth-order valence-electron chi connectivity index (χ4n) is 3.88. The zero-order valence-electron chi connectivity index (χ0n) is 17.7. The second-order valence-electron chi connectivity index (χ2n) is 7.50. The van der Waals surface area contributed by atoms with Gasteiger partial charge in [-0.15, -0.1) is 11.3 Å². The Labute approximate surface area is 179 Å². The summed E-state index contributed by atoms with van der Waals surface area (Å²) in [5.41, 5.74) is 1.87. The van der Waals surface area contributed by atoms with Gasteiger partial charge < -0.3 is 15.0 Å². The standard InChI is InChI=1S/C21H26N6O2S/c1-5-29-21(28)18-13(3)17-19(22-11-23-20(17)30-18)26-15-6-8-27(9-7-15)16-10-12(2)24-14(4)25-16/h10-11,15H,5-9H2,1-4H3,(H,22,23,26). The third kappa shape index (κ3) is 4.07. The van der Waals surface area contributed by atoms with Crippen LogP contribution >= 0.6 is 11.3 Å². The number of nitrogens with one attached hydrogen (secondary N) is 1. The van der Waals surface area contributed by atoms with Gasteiger partial charge in [-0.2, -0.15) is 0 Å². The molecule has 1 aliphatic rings. The normalized spacial score (nSPS) is 14.9. The molecule has 0 bridgehead atoms. The number of hydrogen-bond donors (Lipinski definition) is 1. The highest BCUT2D eigenvalue weighted by atomic mass is 32.1. The number of esters is 1. The Morgan fingerprint density at radius 2 is 2.00 bits per heavy atom. The number of ether oxygens (including phenoxy) is 1. The molecule has 4 rings (SSSR count). The first-order valence-electron chi connectivity index (χ1n) is 10.2. The van der Waals surface area contributed by atoms with E-state index in [1.807, 2.05) is 33.8 Å². The molecule has 3 aromatic heterocycles. The van der Waals surface area contributed by atoms with Crippen LogP contribution < -0.4 is 10.2 Å². The summed E-state index contributed by atoms with van der Waals surface area (Å²) in [6, 6.07) is 2.34. The average molecular weight is 427 g/mol. The van der Waals surface area contributed by atoms with E-state index in [9.17, 15) is 4.79 Å². The molecule has 0 radical (unpaired) electrons. The predicted octanol–water partition coefficient (Wildman–Crippen LogP) is 3.66. The summed E-state index contributed by atoms with van der Waals surface area (Å²) in [4.78, 5) is 33.8. The van der Waals surface area contributed by atoms with Crippen LogP contribution in [0.25, 0.3) is 10.2 Å². The van der Waals surface area contributed by atoms with Crippen molar-refractivity contribution in [3.05, 3.63) is 34.4 Å². The van der Waals surface area contributed by atoms with Gasteiger partial charge in [0, 0.05) is 30.9 Å². The van der Waals surface area contributed by atoms with Crippen molar-refractivity contribution < 1.29 is 9.53 Å². The molecular weight excluding hydrogens is 400 g/mol. The predicted molar refractivity (Wildman–Crippen MR) is 118 cm³/mol. The summed E-state index contributed by atoms with van der Waals surface area (Å²) < 4.78 is 5.19. The van der Waals surface area contributed by atoms with Gasteiger partial charge in [0.1, 0.15) is 33.5 Å². The minimum Gasteiger partial charge on any atom is -0.462 e. The van der Waals surface area contributed by atoms with Gasteiger partial charge >= 0.3 is 5.97 Å². The van der Waals surface area contributed by atoms with Gasteiger partial charge in [0.2, 0.25) is 0 Å². The number of aromatic nitrogens is 4. The smallest absolute Gasteiger partial charge is 0.348 e. The van der Waals surface area contributed by atoms with Crippen molar-refractivity contribution in [3.8, 4) is 0 Å². The topological polar surface area (TPSA) is 93.1 Å².